The van der Waals surface area contributed by atoms with Gasteiger partial charge in [0.25, 0.3) is 0 Å². The van der Waals surface area contributed by atoms with Crippen LogP contribution in [0.1, 0.15) is 17.5 Å². The zero-order valence-electron chi connectivity index (χ0n) is 14.0. The molecule has 2 aromatic rings. The van der Waals surface area contributed by atoms with Gasteiger partial charge in [-0.25, -0.2) is 0 Å². The van der Waals surface area contributed by atoms with Gasteiger partial charge < -0.3 is 20.5 Å². The Bertz CT molecular complexity index is 794. The fourth-order valence-corrected chi connectivity index (χ4v) is 3.44. The molecule has 1 atom stereocenters. The molecule has 1 aliphatic rings. The van der Waals surface area contributed by atoms with Gasteiger partial charge in [0.05, 0.1) is 18.8 Å². The number of methoxy groups -OCH3 is 1. The van der Waals surface area contributed by atoms with E-state index in [0.29, 0.717) is 29.4 Å². The van der Waals surface area contributed by atoms with Crippen LogP contribution in [0.2, 0.25) is 5.02 Å². The van der Waals surface area contributed by atoms with Crippen LogP contribution in [0.4, 0.5) is 5.69 Å². The molecule has 0 radical (unpaired) electrons. The smallest absolute Gasteiger partial charge is 0.244 e. The first-order chi connectivity index (χ1) is 12.0. The van der Waals surface area contributed by atoms with Crippen LogP contribution < -0.4 is 15.4 Å². The van der Waals surface area contributed by atoms with Crippen molar-refractivity contribution in [2.45, 2.75) is 25.3 Å². The van der Waals surface area contributed by atoms with Crippen molar-refractivity contribution < 1.29 is 14.6 Å². The van der Waals surface area contributed by atoms with Crippen LogP contribution in [0.15, 0.2) is 36.4 Å². The maximum absolute atomic E-state index is 12.9. The van der Waals surface area contributed by atoms with E-state index in [0.717, 1.165) is 24.0 Å². The summed E-state index contributed by atoms with van der Waals surface area (Å²) in [5.41, 5.74) is 8.50. The number of aromatic hydroxyl groups is 1. The summed E-state index contributed by atoms with van der Waals surface area (Å²) in [7, 11) is 1.57. The van der Waals surface area contributed by atoms with E-state index in [2.05, 4.69) is 0 Å². The molecule has 1 heterocycles. The number of aryl methyl sites for hydroxylation is 1. The number of halogens is 1. The number of nitrogens with two attached hydrogens (primary N) is 1. The predicted octanol–water partition coefficient (Wildman–Crippen LogP) is 2.90. The van der Waals surface area contributed by atoms with E-state index in [9.17, 15) is 9.90 Å². The summed E-state index contributed by atoms with van der Waals surface area (Å²) in [5, 5.41) is 10.7. The largest absolute Gasteiger partial charge is 0.506 e. The Morgan fingerprint density at radius 2 is 2.20 bits per heavy atom. The lowest BCUT2D eigenvalue weighted by Crippen LogP contribution is -2.47. The van der Waals surface area contributed by atoms with E-state index in [1.807, 2.05) is 12.1 Å². The molecule has 0 spiro atoms. The third-order valence-electron chi connectivity index (χ3n) is 4.48. The molecule has 0 saturated carbocycles. The molecular weight excluding hydrogens is 340 g/mol. The molecular formula is C19H21ClN2O3. The lowest BCUT2D eigenvalue weighted by Gasteiger charge is -2.32. The number of phenolic OH excluding ortho intramolecular Hbond substituents is 1. The van der Waals surface area contributed by atoms with Gasteiger partial charge in [0.15, 0.2) is 0 Å². The van der Waals surface area contributed by atoms with Crippen molar-refractivity contribution in [3.8, 4) is 11.5 Å². The van der Waals surface area contributed by atoms with Crippen LogP contribution >= 0.6 is 11.6 Å². The number of para-hydroxylation sites is 1. The molecule has 1 aliphatic heterocycles. The van der Waals surface area contributed by atoms with Crippen LogP contribution in [-0.2, 0) is 17.6 Å². The number of carbonyl (C=O) groups excluding carboxylic acids is 1. The van der Waals surface area contributed by atoms with Crippen molar-refractivity contribution in [2.24, 2.45) is 5.73 Å². The summed E-state index contributed by atoms with van der Waals surface area (Å²) in [6.45, 7) is 0.549. The van der Waals surface area contributed by atoms with Crippen molar-refractivity contribution in [1.82, 2.24) is 0 Å². The SMILES string of the molecule is COc1ccc(C[C@@H](N)C(=O)N2CCCc3cccc(O)c32)c(Cl)c1. The number of carbonyl (C=O) groups is 1. The average molecular weight is 361 g/mol. The topological polar surface area (TPSA) is 75.8 Å². The Labute approximate surface area is 152 Å². The maximum Gasteiger partial charge on any atom is 0.244 e. The molecule has 3 rings (SSSR count). The number of anilines is 1. The van der Waals surface area contributed by atoms with Crippen molar-refractivity contribution in [2.75, 3.05) is 18.6 Å². The second kappa shape index (κ2) is 7.33. The zero-order valence-corrected chi connectivity index (χ0v) is 14.8. The van der Waals surface area contributed by atoms with Gasteiger partial charge in [0.1, 0.15) is 11.5 Å². The van der Waals surface area contributed by atoms with E-state index in [4.69, 9.17) is 22.1 Å². The Kier molecular flexibility index (Phi) is 5.16. The summed E-state index contributed by atoms with van der Waals surface area (Å²) in [6.07, 6.45) is 2.01. The standard InChI is InChI=1S/C19H21ClN2O3/c1-25-14-8-7-13(15(20)11-14)10-16(21)19(24)22-9-3-5-12-4-2-6-17(23)18(12)22/h2,4,6-8,11,16,23H,3,5,9-10,21H2,1H3/t16-/m1/s1. The van der Waals surface area contributed by atoms with Crippen molar-refractivity contribution in [3.63, 3.8) is 0 Å². The minimum absolute atomic E-state index is 0.111. The number of fused-ring (bicyclic) bond motifs is 1. The van der Waals surface area contributed by atoms with Gasteiger partial charge in [-0.1, -0.05) is 29.8 Å². The van der Waals surface area contributed by atoms with E-state index >= 15 is 0 Å². The number of amides is 1. The fraction of sp³-hybridized carbons (Fsp3) is 0.316. The Hall–Kier alpha value is -2.24. The normalized spacial score (nSPS) is 14.8. The number of hydrogen-bond acceptors (Lipinski definition) is 4. The summed E-state index contributed by atoms with van der Waals surface area (Å²) in [4.78, 5) is 14.5. The number of hydrogen-bond donors (Lipinski definition) is 2. The Morgan fingerprint density at radius 1 is 1.40 bits per heavy atom. The molecule has 0 aliphatic carbocycles. The van der Waals surface area contributed by atoms with Gasteiger partial charge in [-0.2, -0.15) is 0 Å². The molecule has 25 heavy (non-hydrogen) atoms. The first-order valence-corrected chi connectivity index (χ1v) is 8.59. The van der Waals surface area contributed by atoms with E-state index in [-0.39, 0.29) is 11.7 Å². The minimum Gasteiger partial charge on any atom is -0.506 e. The number of ether oxygens (including phenoxy) is 1. The second-order valence-electron chi connectivity index (χ2n) is 6.15. The van der Waals surface area contributed by atoms with E-state index in [1.54, 1.807) is 36.3 Å². The molecule has 0 fully saturated rings. The molecule has 1 amide bonds. The molecule has 0 aromatic heterocycles. The molecule has 6 heteroatoms. The van der Waals surface area contributed by atoms with Gasteiger partial charge in [-0.3, -0.25) is 4.79 Å². The molecule has 5 nitrogen and oxygen atoms in total. The molecule has 3 N–H and O–H groups in total. The highest BCUT2D eigenvalue weighted by molar-refractivity contribution is 6.31. The van der Waals surface area contributed by atoms with Crippen LogP contribution in [-0.4, -0.2) is 30.7 Å². The van der Waals surface area contributed by atoms with Gasteiger partial charge in [0, 0.05) is 11.6 Å². The molecule has 0 unspecified atom stereocenters. The number of nitrogens with zero attached hydrogens (tertiary/aromatic N) is 1. The highest BCUT2D eigenvalue weighted by atomic mass is 35.5. The first-order valence-electron chi connectivity index (χ1n) is 8.21. The van der Waals surface area contributed by atoms with Gasteiger partial charge >= 0.3 is 0 Å². The molecule has 2 aromatic carbocycles. The first kappa shape index (κ1) is 17.6. The highest BCUT2D eigenvalue weighted by Gasteiger charge is 2.29. The molecule has 0 bridgehead atoms. The van der Waals surface area contributed by atoms with Crippen molar-refractivity contribution in [1.29, 1.82) is 0 Å². The van der Waals surface area contributed by atoms with Gasteiger partial charge in [-0.05, 0) is 48.6 Å². The van der Waals surface area contributed by atoms with E-state index in [1.165, 1.54) is 0 Å². The Morgan fingerprint density at radius 3 is 2.92 bits per heavy atom. The van der Waals surface area contributed by atoms with Crippen LogP contribution in [0.3, 0.4) is 0 Å². The quantitative estimate of drug-likeness (QED) is 0.879. The maximum atomic E-state index is 12.9. The van der Waals surface area contributed by atoms with Gasteiger partial charge in [-0.15, -0.1) is 0 Å². The summed E-state index contributed by atoms with van der Waals surface area (Å²) in [6, 6.07) is 9.89. The van der Waals surface area contributed by atoms with E-state index < -0.39 is 6.04 Å². The minimum atomic E-state index is -0.739. The van der Waals surface area contributed by atoms with Crippen molar-refractivity contribution in [3.05, 3.63) is 52.5 Å². The molecule has 0 saturated heterocycles. The monoisotopic (exact) mass is 360 g/mol. The Balaban J connectivity index is 1.80. The summed E-state index contributed by atoms with van der Waals surface area (Å²) >= 11 is 6.25. The summed E-state index contributed by atoms with van der Waals surface area (Å²) in [5.74, 6) is 0.554. The van der Waals surface area contributed by atoms with Crippen LogP contribution in [0, 0.1) is 0 Å². The third-order valence-corrected chi connectivity index (χ3v) is 4.83. The average Bonchev–Trinajstić information content (AvgIpc) is 2.62. The lowest BCUT2D eigenvalue weighted by atomic mass is 9.98. The van der Waals surface area contributed by atoms with Crippen LogP contribution in [0.5, 0.6) is 11.5 Å². The summed E-state index contributed by atoms with van der Waals surface area (Å²) < 4.78 is 5.13. The highest BCUT2D eigenvalue weighted by Crippen LogP contribution is 2.35. The fourth-order valence-electron chi connectivity index (χ4n) is 3.20. The molecule has 132 valence electrons. The number of rotatable bonds is 4. The lowest BCUT2D eigenvalue weighted by molar-refractivity contribution is -0.119. The third kappa shape index (κ3) is 3.57. The number of benzene rings is 2. The van der Waals surface area contributed by atoms with Gasteiger partial charge in [0.2, 0.25) is 5.91 Å². The van der Waals surface area contributed by atoms with Crippen molar-refractivity contribution >= 4 is 23.2 Å². The number of phenols is 1. The zero-order chi connectivity index (χ0) is 18.0. The second-order valence-corrected chi connectivity index (χ2v) is 6.55. The van der Waals surface area contributed by atoms with Crippen LogP contribution in [0.25, 0.3) is 0 Å². The predicted molar refractivity (Wildman–Crippen MR) is 98.5 cm³/mol.